The first-order chi connectivity index (χ1) is 7.77. The third-order valence-corrected chi connectivity index (χ3v) is 3.07. The topological polar surface area (TPSA) is 0 Å². The van der Waals surface area contributed by atoms with Crippen LogP contribution < -0.4 is 29.6 Å². The molecule has 0 aliphatic rings. The van der Waals surface area contributed by atoms with E-state index in [1.807, 2.05) is 54.6 Å². The molecule has 82 valence electrons. The maximum atomic E-state index is 6.08. The van der Waals surface area contributed by atoms with Gasteiger partial charge in [-0.1, -0.05) is 77.8 Å². The fraction of sp³-hybridized carbons (Fsp3) is 0. The summed E-state index contributed by atoms with van der Waals surface area (Å²) in [5, 5.41) is 1.17. The molecule has 2 aromatic carbocycles. The Morgan fingerprint density at radius 2 is 1.53 bits per heavy atom. The second-order valence-electron chi connectivity index (χ2n) is 3.39. The van der Waals surface area contributed by atoms with E-state index in [9.17, 15) is 0 Å². The van der Waals surface area contributed by atoms with Crippen molar-refractivity contribution in [2.24, 2.45) is 0 Å². The van der Waals surface area contributed by atoms with Gasteiger partial charge in [0, 0.05) is 0 Å². The molecule has 0 aliphatic heterocycles. The zero-order valence-corrected chi connectivity index (χ0v) is 13.0. The van der Waals surface area contributed by atoms with Crippen molar-refractivity contribution in [2.45, 2.75) is 0 Å². The molecule has 0 aliphatic carbocycles. The van der Waals surface area contributed by atoms with Crippen molar-refractivity contribution in [3.8, 4) is 0 Å². The maximum absolute atomic E-state index is 6.08. The molecule has 0 bridgehead atoms. The zero-order valence-electron chi connectivity index (χ0n) is 10.5. The number of hydrogen-bond donors (Lipinski definition) is 0. The van der Waals surface area contributed by atoms with Gasteiger partial charge in [-0.05, 0) is 17.2 Å². The molecule has 0 fully saturated rings. The first-order valence-electron chi connectivity index (χ1n) is 4.94. The van der Waals surface area contributed by atoms with Gasteiger partial charge in [0.15, 0.2) is 0 Å². The molecule has 0 heterocycles. The number of halogens is 2. The normalized spacial score (nSPS) is 10.2. The first-order valence-corrected chi connectivity index (χ1v) is 5.70. The Hall–Kier alpha value is -0.240. The van der Waals surface area contributed by atoms with E-state index < -0.39 is 0 Å². The van der Waals surface area contributed by atoms with Crippen LogP contribution in [0.15, 0.2) is 48.5 Å². The van der Waals surface area contributed by atoms with Gasteiger partial charge in [-0.3, -0.25) is 0 Å². The van der Waals surface area contributed by atoms with Crippen LogP contribution in [-0.4, -0.2) is 0 Å². The third kappa shape index (κ3) is 4.17. The average Bonchev–Trinajstić information content (AvgIpc) is 2.32. The van der Waals surface area contributed by atoms with Crippen molar-refractivity contribution in [3.05, 3.63) is 69.7 Å². The SMILES string of the molecule is Clc1cccc(C=Cc2ccccc2)c1Cl.[H-].[Na+]. The van der Waals surface area contributed by atoms with Crippen LogP contribution in [-0.2, 0) is 0 Å². The van der Waals surface area contributed by atoms with E-state index in [1.165, 1.54) is 0 Å². The molecule has 0 radical (unpaired) electrons. The van der Waals surface area contributed by atoms with Crippen molar-refractivity contribution in [3.63, 3.8) is 0 Å². The van der Waals surface area contributed by atoms with Gasteiger partial charge in [-0.2, -0.15) is 0 Å². The number of rotatable bonds is 2. The molecule has 2 rings (SSSR count). The standard InChI is InChI=1S/C14H10Cl2.Na.H/c15-13-8-4-7-12(14(13)16)10-9-11-5-2-1-3-6-11;;/h1-10H;;/q;+1;-1. The second-order valence-corrected chi connectivity index (χ2v) is 4.17. The minimum absolute atomic E-state index is 0. The molecule has 0 aromatic heterocycles. The van der Waals surface area contributed by atoms with Crippen LogP contribution in [0.3, 0.4) is 0 Å². The fourth-order valence-electron chi connectivity index (χ4n) is 1.40. The van der Waals surface area contributed by atoms with E-state index in [0.717, 1.165) is 11.1 Å². The van der Waals surface area contributed by atoms with Crippen LogP contribution in [0.5, 0.6) is 0 Å². The average molecular weight is 273 g/mol. The summed E-state index contributed by atoms with van der Waals surface area (Å²) in [5.74, 6) is 0. The minimum Gasteiger partial charge on any atom is -1.00 e. The van der Waals surface area contributed by atoms with Gasteiger partial charge < -0.3 is 1.43 Å². The van der Waals surface area contributed by atoms with Crippen LogP contribution in [0.4, 0.5) is 0 Å². The van der Waals surface area contributed by atoms with E-state index >= 15 is 0 Å². The molecule has 3 heteroatoms. The van der Waals surface area contributed by atoms with Gasteiger partial charge in [0.05, 0.1) is 10.0 Å². The summed E-state index contributed by atoms with van der Waals surface area (Å²) in [5.41, 5.74) is 2.07. The predicted molar refractivity (Wildman–Crippen MR) is 72.9 cm³/mol. The predicted octanol–water partition coefficient (Wildman–Crippen LogP) is 2.28. The minimum atomic E-state index is 0. The monoisotopic (exact) mass is 272 g/mol. The summed E-state index contributed by atoms with van der Waals surface area (Å²) in [4.78, 5) is 0. The van der Waals surface area contributed by atoms with Crippen LogP contribution in [0.25, 0.3) is 12.2 Å². The van der Waals surface area contributed by atoms with Crippen molar-refractivity contribution < 1.29 is 31.0 Å². The van der Waals surface area contributed by atoms with E-state index in [2.05, 4.69) is 0 Å². The summed E-state index contributed by atoms with van der Waals surface area (Å²) in [7, 11) is 0. The van der Waals surface area contributed by atoms with Gasteiger partial charge >= 0.3 is 29.6 Å². The Bertz CT molecular complexity index is 512. The Morgan fingerprint density at radius 1 is 0.824 bits per heavy atom. The maximum Gasteiger partial charge on any atom is 1.00 e. The Morgan fingerprint density at radius 3 is 2.24 bits per heavy atom. The molecule has 0 amide bonds. The largest absolute Gasteiger partial charge is 1.00 e. The van der Waals surface area contributed by atoms with Crippen molar-refractivity contribution in [2.75, 3.05) is 0 Å². The Labute approximate surface area is 135 Å². The summed E-state index contributed by atoms with van der Waals surface area (Å²) in [6, 6.07) is 15.7. The van der Waals surface area contributed by atoms with Gasteiger partial charge in [0.2, 0.25) is 0 Å². The zero-order chi connectivity index (χ0) is 11.4. The molecule has 0 atom stereocenters. The molecular weight excluding hydrogens is 262 g/mol. The smallest absolute Gasteiger partial charge is 1.00 e. The Balaban J connectivity index is 0.00000144. The van der Waals surface area contributed by atoms with Crippen molar-refractivity contribution >= 4 is 35.4 Å². The molecule has 0 nitrogen and oxygen atoms in total. The van der Waals surface area contributed by atoms with Gasteiger partial charge in [0.1, 0.15) is 0 Å². The molecular formula is C14H11Cl2Na. The summed E-state index contributed by atoms with van der Waals surface area (Å²) in [6.45, 7) is 0. The molecule has 0 unspecified atom stereocenters. The van der Waals surface area contributed by atoms with Crippen LogP contribution in [0, 0.1) is 0 Å². The third-order valence-electron chi connectivity index (χ3n) is 2.24. The Kier molecular flexibility index (Phi) is 6.32. The summed E-state index contributed by atoms with van der Waals surface area (Å²) >= 11 is 12.0. The van der Waals surface area contributed by atoms with E-state index in [-0.39, 0.29) is 31.0 Å². The molecule has 0 spiro atoms. The fourth-order valence-corrected chi connectivity index (χ4v) is 1.77. The summed E-state index contributed by atoms with van der Waals surface area (Å²) < 4.78 is 0. The van der Waals surface area contributed by atoms with Crippen molar-refractivity contribution in [1.82, 2.24) is 0 Å². The first kappa shape index (κ1) is 14.8. The van der Waals surface area contributed by atoms with Gasteiger partial charge in [-0.15, -0.1) is 0 Å². The van der Waals surface area contributed by atoms with Crippen LogP contribution >= 0.6 is 23.2 Å². The molecule has 0 N–H and O–H groups in total. The quantitative estimate of drug-likeness (QED) is 0.581. The van der Waals surface area contributed by atoms with Crippen LogP contribution in [0.1, 0.15) is 12.6 Å². The molecule has 0 saturated heterocycles. The molecule has 17 heavy (non-hydrogen) atoms. The van der Waals surface area contributed by atoms with E-state index in [4.69, 9.17) is 23.2 Å². The van der Waals surface area contributed by atoms with E-state index in [0.29, 0.717) is 10.0 Å². The van der Waals surface area contributed by atoms with Gasteiger partial charge in [0.25, 0.3) is 0 Å². The molecule has 0 saturated carbocycles. The van der Waals surface area contributed by atoms with Gasteiger partial charge in [-0.25, -0.2) is 0 Å². The number of benzene rings is 2. The number of hydrogen-bond acceptors (Lipinski definition) is 0. The van der Waals surface area contributed by atoms with E-state index in [1.54, 1.807) is 6.07 Å². The van der Waals surface area contributed by atoms with Crippen LogP contribution in [0.2, 0.25) is 10.0 Å². The second kappa shape index (κ2) is 7.25. The summed E-state index contributed by atoms with van der Waals surface area (Å²) in [6.07, 6.45) is 3.97. The molecule has 2 aromatic rings. The van der Waals surface area contributed by atoms with Crippen molar-refractivity contribution in [1.29, 1.82) is 0 Å².